The lowest BCUT2D eigenvalue weighted by atomic mass is 10.1. The Morgan fingerprint density at radius 3 is 2.62 bits per heavy atom. The van der Waals surface area contributed by atoms with Crippen molar-refractivity contribution in [1.29, 1.82) is 0 Å². The van der Waals surface area contributed by atoms with Gasteiger partial charge in [-0.1, -0.05) is 12.1 Å². The third kappa shape index (κ3) is 6.11. The van der Waals surface area contributed by atoms with Gasteiger partial charge >= 0.3 is 0 Å². The van der Waals surface area contributed by atoms with Gasteiger partial charge in [-0.2, -0.15) is 0 Å². The summed E-state index contributed by atoms with van der Waals surface area (Å²) in [6.45, 7) is 3.92. The molecule has 21 heavy (non-hydrogen) atoms. The fourth-order valence-corrected chi connectivity index (χ4v) is 3.12. The smallest absolute Gasteiger partial charge is 0.240 e. The predicted octanol–water partition coefficient (Wildman–Crippen LogP) is 0.656. The van der Waals surface area contributed by atoms with Gasteiger partial charge in [0, 0.05) is 20.2 Å². The van der Waals surface area contributed by atoms with Gasteiger partial charge in [-0.15, -0.1) is 0 Å². The highest BCUT2D eigenvalue weighted by molar-refractivity contribution is 7.89. The molecule has 0 spiro atoms. The van der Waals surface area contributed by atoms with E-state index in [2.05, 4.69) is 10.0 Å². The molecule has 1 aromatic carbocycles. The molecule has 0 amide bonds. The van der Waals surface area contributed by atoms with Crippen LogP contribution in [0, 0.1) is 6.92 Å². The van der Waals surface area contributed by atoms with Gasteiger partial charge in [0.05, 0.1) is 24.7 Å². The third-order valence-electron chi connectivity index (χ3n) is 2.89. The largest absolute Gasteiger partial charge is 0.382 e. The van der Waals surface area contributed by atoms with Crippen LogP contribution in [0.5, 0.6) is 0 Å². The van der Waals surface area contributed by atoms with Crippen molar-refractivity contribution in [1.82, 2.24) is 10.0 Å². The maximum Gasteiger partial charge on any atom is 0.240 e. The first-order valence-electron chi connectivity index (χ1n) is 6.81. The highest BCUT2D eigenvalue weighted by atomic mass is 32.2. The molecule has 1 aromatic rings. The third-order valence-corrected chi connectivity index (χ3v) is 4.50. The molecule has 0 aliphatic heterocycles. The number of methoxy groups -OCH3 is 1. The van der Waals surface area contributed by atoms with E-state index in [9.17, 15) is 8.42 Å². The van der Waals surface area contributed by atoms with Crippen LogP contribution in [-0.4, -0.2) is 48.9 Å². The molecule has 0 unspecified atom stereocenters. The number of rotatable bonds is 10. The first-order chi connectivity index (χ1) is 10.0. The van der Waals surface area contributed by atoms with E-state index >= 15 is 0 Å². The van der Waals surface area contributed by atoms with E-state index in [4.69, 9.17) is 9.47 Å². The molecule has 0 saturated heterocycles. The van der Waals surface area contributed by atoms with E-state index in [0.717, 1.165) is 11.1 Å². The molecule has 0 atom stereocenters. The summed E-state index contributed by atoms with van der Waals surface area (Å²) in [7, 11) is -0.100. The quantitative estimate of drug-likeness (QED) is 0.620. The standard InChI is InChI=1S/C14H24N2O4S/c1-12-4-5-13(11-15-2)10-14(12)21(17,18)16-6-7-20-9-8-19-3/h4-5,10,15-16H,6-9,11H2,1-3H3. The van der Waals surface area contributed by atoms with Crippen molar-refractivity contribution < 1.29 is 17.9 Å². The first kappa shape index (κ1) is 18.1. The monoisotopic (exact) mass is 316 g/mol. The second-order valence-electron chi connectivity index (χ2n) is 4.63. The summed E-state index contributed by atoms with van der Waals surface area (Å²) < 4.78 is 37.2. The van der Waals surface area contributed by atoms with Crippen LogP contribution >= 0.6 is 0 Å². The van der Waals surface area contributed by atoms with Crippen LogP contribution in [0.4, 0.5) is 0 Å². The van der Waals surface area contributed by atoms with E-state index in [1.54, 1.807) is 20.1 Å². The molecule has 1 rings (SSSR count). The van der Waals surface area contributed by atoms with Gasteiger partial charge in [-0.05, 0) is 31.2 Å². The summed E-state index contributed by atoms with van der Waals surface area (Å²) >= 11 is 0. The second kappa shape index (κ2) is 9.11. The van der Waals surface area contributed by atoms with E-state index < -0.39 is 10.0 Å². The van der Waals surface area contributed by atoms with E-state index in [0.29, 0.717) is 31.3 Å². The van der Waals surface area contributed by atoms with Crippen LogP contribution < -0.4 is 10.0 Å². The van der Waals surface area contributed by atoms with E-state index in [-0.39, 0.29) is 6.54 Å². The Morgan fingerprint density at radius 2 is 1.95 bits per heavy atom. The maximum absolute atomic E-state index is 12.3. The van der Waals surface area contributed by atoms with Gasteiger partial charge in [-0.25, -0.2) is 13.1 Å². The van der Waals surface area contributed by atoms with Crippen molar-refractivity contribution in [2.75, 3.05) is 40.5 Å². The molecule has 120 valence electrons. The lowest BCUT2D eigenvalue weighted by molar-refractivity contribution is 0.0736. The van der Waals surface area contributed by atoms with Crippen LogP contribution in [0.2, 0.25) is 0 Å². The highest BCUT2D eigenvalue weighted by Crippen LogP contribution is 2.16. The number of benzene rings is 1. The van der Waals surface area contributed by atoms with Crippen molar-refractivity contribution in [3.8, 4) is 0 Å². The van der Waals surface area contributed by atoms with Gasteiger partial charge in [0.2, 0.25) is 10.0 Å². The number of aryl methyl sites for hydroxylation is 1. The molecule has 2 N–H and O–H groups in total. The zero-order valence-corrected chi connectivity index (χ0v) is 13.6. The predicted molar refractivity (Wildman–Crippen MR) is 81.8 cm³/mol. The number of nitrogens with one attached hydrogen (secondary N) is 2. The van der Waals surface area contributed by atoms with Crippen LogP contribution in [0.15, 0.2) is 23.1 Å². The number of sulfonamides is 1. The van der Waals surface area contributed by atoms with E-state index in [1.165, 1.54) is 0 Å². The molecule has 0 bridgehead atoms. The maximum atomic E-state index is 12.3. The molecule has 0 heterocycles. The highest BCUT2D eigenvalue weighted by Gasteiger charge is 2.16. The van der Waals surface area contributed by atoms with Crippen molar-refractivity contribution in [2.24, 2.45) is 0 Å². The Bertz CT molecular complexity index is 532. The molecule has 0 radical (unpaired) electrons. The lowest BCUT2D eigenvalue weighted by Crippen LogP contribution is -2.28. The van der Waals surface area contributed by atoms with Gasteiger partial charge in [0.25, 0.3) is 0 Å². The number of hydrogen-bond donors (Lipinski definition) is 2. The summed E-state index contributed by atoms with van der Waals surface area (Å²) in [5.41, 5.74) is 1.66. The molecular formula is C14H24N2O4S. The molecule has 0 fully saturated rings. The minimum Gasteiger partial charge on any atom is -0.382 e. The number of ether oxygens (including phenoxy) is 2. The van der Waals surface area contributed by atoms with Crippen LogP contribution in [0.3, 0.4) is 0 Å². The van der Waals surface area contributed by atoms with Gasteiger partial charge in [0.1, 0.15) is 0 Å². The average molecular weight is 316 g/mol. The average Bonchev–Trinajstić information content (AvgIpc) is 2.45. The Balaban J connectivity index is 2.63. The Hall–Kier alpha value is -0.990. The fourth-order valence-electron chi connectivity index (χ4n) is 1.82. The molecule has 0 saturated carbocycles. The first-order valence-corrected chi connectivity index (χ1v) is 8.30. The van der Waals surface area contributed by atoms with Gasteiger partial charge in [-0.3, -0.25) is 0 Å². The minimum atomic E-state index is -3.51. The topological polar surface area (TPSA) is 76.7 Å². The second-order valence-corrected chi connectivity index (χ2v) is 6.37. The molecular weight excluding hydrogens is 292 g/mol. The molecule has 0 aromatic heterocycles. The molecule has 7 heteroatoms. The Kier molecular flexibility index (Phi) is 7.84. The summed E-state index contributed by atoms with van der Waals surface area (Å²) in [5, 5.41) is 3.01. The fraction of sp³-hybridized carbons (Fsp3) is 0.571. The van der Waals surface area contributed by atoms with Gasteiger partial charge in [0.15, 0.2) is 0 Å². The van der Waals surface area contributed by atoms with Crippen LogP contribution in [-0.2, 0) is 26.0 Å². The Labute approximate surface area is 126 Å². The van der Waals surface area contributed by atoms with Crippen molar-refractivity contribution in [2.45, 2.75) is 18.4 Å². The van der Waals surface area contributed by atoms with Crippen LogP contribution in [0.1, 0.15) is 11.1 Å². The Morgan fingerprint density at radius 1 is 1.19 bits per heavy atom. The zero-order chi connectivity index (χ0) is 15.7. The molecule has 0 aliphatic carbocycles. The zero-order valence-electron chi connectivity index (χ0n) is 12.8. The van der Waals surface area contributed by atoms with Gasteiger partial charge < -0.3 is 14.8 Å². The summed E-state index contributed by atoms with van der Waals surface area (Å²) in [6, 6.07) is 5.43. The molecule has 0 aliphatic rings. The normalized spacial score (nSPS) is 11.8. The SMILES string of the molecule is CNCc1ccc(C)c(S(=O)(=O)NCCOCCOC)c1. The van der Waals surface area contributed by atoms with Crippen molar-refractivity contribution in [3.05, 3.63) is 29.3 Å². The summed E-state index contributed by atoms with van der Waals surface area (Å²) in [5.74, 6) is 0. The number of hydrogen-bond acceptors (Lipinski definition) is 5. The minimum absolute atomic E-state index is 0.238. The summed E-state index contributed by atoms with van der Waals surface area (Å²) in [4.78, 5) is 0.312. The van der Waals surface area contributed by atoms with Crippen molar-refractivity contribution in [3.63, 3.8) is 0 Å². The van der Waals surface area contributed by atoms with Crippen LogP contribution in [0.25, 0.3) is 0 Å². The summed E-state index contributed by atoms with van der Waals surface area (Å²) in [6.07, 6.45) is 0. The van der Waals surface area contributed by atoms with E-state index in [1.807, 2.05) is 19.2 Å². The lowest BCUT2D eigenvalue weighted by Gasteiger charge is -2.11. The molecule has 6 nitrogen and oxygen atoms in total. The van der Waals surface area contributed by atoms with Crippen molar-refractivity contribution >= 4 is 10.0 Å².